The zero-order valence-electron chi connectivity index (χ0n) is 32.1. The van der Waals surface area contributed by atoms with E-state index in [9.17, 15) is 0 Å². The third-order valence-electron chi connectivity index (χ3n) is 18.2. The second-order valence-electron chi connectivity index (χ2n) is 20.4. The first-order chi connectivity index (χ1) is 24.8. The Hall–Kier alpha value is -0.200. The fourth-order valence-electron chi connectivity index (χ4n) is 16.0. The van der Waals surface area contributed by atoms with Crippen molar-refractivity contribution in [2.24, 2.45) is 41.4 Å². The number of nitrogens with zero attached hydrogens (tertiary/aromatic N) is 2. The van der Waals surface area contributed by atoms with Gasteiger partial charge in [0, 0.05) is 36.3 Å². The quantitative estimate of drug-likeness (QED) is 0.269. The van der Waals surface area contributed by atoms with Crippen LogP contribution in [0.4, 0.5) is 0 Å². The fraction of sp³-hybridized carbons (Fsp3) is 1.00. The van der Waals surface area contributed by atoms with Crippen LogP contribution in [-0.4, -0.2) is 64.5 Å². The standard InChI is InChI=1S/C45H77N5/c1-4-14-30(15-5-1)43-46-44(31-16-6-2-7-17-31)48-45(47-43)32-24-26-34(27-25-32)50-40-23-13-11-21-36(40)38-28-37-35-20-10-12-22-39(35)49(41(37)29-42(38)50)33-18-8-3-9-19-33/h30-48H,1-29H2. The average molecular weight is 688 g/mol. The molecule has 10 rings (SSSR count). The van der Waals surface area contributed by atoms with Crippen LogP contribution in [0.1, 0.15) is 186 Å². The van der Waals surface area contributed by atoms with Crippen LogP contribution in [0.2, 0.25) is 0 Å². The first-order valence-electron chi connectivity index (χ1n) is 23.6. The lowest BCUT2D eigenvalue weighted by Crippen LogP contribution is -2.72. The van der Waals surface area contributed by atoms with Crippen molar-refractivity contribution in [2.75, 3.05) is 0 Å². The van der Waals surface area contributed by atoms with Gasteiger partial charge in [-0.25, -0.2) is 0 Å². The summed E-state index contributed by atoms with van der Waals surface area (Å²) < 4.78 is 0. The molecule has 3 heterocycles. The summed E-state index contributed by atoms with van der Waals surface area (Å²) in [7, 11) is 0. The molecule has 3 aliphatic heterocycles. The van der Waals surface area contributed by atoms with E-state index < -0.39 is 0 Å². The SMILES string of the molecule is C1CCC(C2NC(C3CCCCC3)NC(C3CCC(N4C5CCCCC5C5CC6C7CCCCC7N(C7CCCCC7)C6CC54)CC3)N2)CC1. The molecule has 0 spiro atoms. The molecule has 3 N–H and O–H groups in total. The average Bonchev–Trinajstić information content (AvgIpc) is 3.70. The van der Waals surface area contributed by atoms with Gasteiger partial charge in [0.25, 0.3) is 0 Å². The lowest BCUT2D eigenvalue weighted by molar-refractivity contribution is 0.00413. The molecule has 10 unspecified atom stereocenters. The van der Waals surface area contributed by atoms with Crippen molar-refractivity contribution in [1.29, 1.82) is 0 Å². The molecule has 3 saturated heterocycles. The van der Waals surface area contributed by atoms with Gasteiger partial charge in [0.2, 0.25) is 0 Å². The number of fused-ring (bicyclic) bond motifs is 6. The first-order valence-corrected chi connectivity index (χ1v) is 23.6. The summed E-state index contributed by atoms with van der Waals surface area (Å²) in [4.78, 5) is 6.65. The fourth-order valence-corrected chi connectivity index (χ4v) is 16.0. The molecule has 0 amide bonds. The molecule has 10 fully saturated rings. The van der Waals surface area contributed by atoms with E-state index in [2.05, 4.69) is 25.8 Å². The van der Waals surface area contributed by atoms with Gasteiger partial charge in [0.15, 0.2) is 0 Å². The molecule has 0 bridgehead atoms. The van der Waals surface area contributed by atoms with Gasteiger partial charge in [-0.05, 0) is 144 Å². The van der Waals surface area contributed by atoms with Gasteiger partial charge in [0.1, 0.15) is 0 Å². The summed E-state index contributed by atoms with van der Waals surface area (Å²) in [5.41, 5.74) is 0. The van der Waals surface area contributed by atoms with E-state index in [-0.39, 0.29) is 0 Å². The van der Waals surface area contributed by atoms with Gasteiger partial charge in [0.05, 0.1) is 18.5 Å². The summed E-state index contributed by atoms with van der Waals surface area (Å²) in [5, 5.41) is 12.8. The molecule has 282 valence electrons. The van der Waals surface area contributed by atoms with Crippen molar-refractivity contribution in [3.8, 4) is 0 Å². The number of hydrogen-bond donors (Lipinski definition) is 3. The van der Waals surface area contributed by atoms with Crippen molar-refractivity contribution in [1.82, 2.24) is 25.8 Å². The van der Waals surface area contributed by atoms with E-state index in [1.807, 2.05) is 0 Å². The lowest BCUT2D eigenvalue weighted by Gasteiger charge is -2.50. The van der Waals surface area contributed by atoms with Crippen LogP contribution in [0.15, 0.2) is 0 Å². The van der Waals surface area contributed by atoms with Crippen molar-refractivity contribution in [2.45, 2.75) is 241 Å². The van der Waals surface area contributed by atoms with E-state index in [1.165, 1.54) is 161 Å². The second-order valence-corrected chi connectivity index (χ2v) is 20.4. The monoisotopic (exact) mass is 688 g/mol. The molecule has 50 heavy (non-hydrogen) atoms. The van der Waals surface area contributed by atoms with Gasteiger partial charge in [-0.3, -0.25) is 25.8 Å². The summed E-state index contributed by atoms with van der Waals surface area (Å²) in [6.07, 6.45) is 44.8. The smallest absolute Gasteiger partial charge is 0.0624 e. The van der Waals surface area contributed by atoms with E-state index in [0.29, 0.717) is 18.5 Å². The third-order valence-corrected chi connectivity index (χ3v) is 18.2. The van der Waals surface area contributed by atoms with E-state index in [4.69, 9.17) is 0 Å². The van der Waals surface area contributed by atoms with E-state index in [0.717, 1.165) is 77.7 Å². The van der Waals surface area contributed by atoms with Crippen molar-refractivity contribution < 1.29 is 0 Å². The Morgan fingerprint density at radius 1 is 0.280 bits per heavy atom. The summed E-state index contributed by atoms with van der Waals surface area (Å²) >= 11 is 0. The Morgan fingerprint density at radius 2 is 0.660 bits per heavy atom. The first kappa shape index (κ1) is 34.3. The Labute approximate surface area is 307 Å². The minimum absolute atomic E-state index is 0.520. The van der Waals surface area contributed by atoms with Crippen LogP contribution in [0.5, 0.6) is 0 Å². The molecule has 7 aliphatic carbocycles. The third kappa shape index (κ3) is 6.41. The summed E-state index contributed by atoms with van der Waals surface area (Å²) in [6.45, 7) is 0. The molecule has 5 heteroatoms. The number of nitrogens with one attached hydrogen (secondary N) is 3. The Balaban J connectivity index is 0.856. The van der Waals surface area contributed by atoms with Crippen LogP contribution < -0.4 is 16.0 Å². The van der Waals surface area contributed by atoms with E-state index >= 15 is 0 Å². The van der Waals surface area contributed by atoms with Gasteiger partial charge >= 0.3 is 0 Å². The highest BCUT2D eigenvalue weighted by atomic mass is 15.4. The molecular formula is C45H77N5. The minimum Gasteiger partial charge on any atom is -0.294 e. The predicted octanol–water partition coefficient (Wildman–Crippen LogP) is 9.31. The number of rotatable bonds is 5. The largest absolute Gasteiger partial charge is 0.294 e. The molecular weight excluding hydrogens is 611 g/mol. The normalized spacial score (nSPS) is 48.8. The van der Waals surface area contributed by atoms with Crippen LogP contribution >= 0.6 is 0 Å². The van der Waals surface area contributed by atoms with Gasteiger partial charge in [-0.1, -0.05) is 83.5 Å². The molecule has 0 aromatic carbocycles. The molecule has 0 aromatic heterocycles. The van der Waals surface area contributed by atoms with Gasteiger partial charge in [-0.2, -0.15) is 0 Å². The Morgan fingerprint density at radius 3 is 1.14 bits per heavy atom. The maximum Gasteiger partial charge on any atom is 0.0624 e. The number of likely N-dealkylation sites (tertiary alicyclic amines) is 2. The molecule has 10 aliphatic rings. The summed E-state index contributed by atoms with van der Waals surface area (Å²) in [5.74, 6) is 6.61. The van der Waals surface area contributed by atoms with Crippen molar-refractivity contribution in [3.05, 3.63) is 0 Å². The second kappa shape index (κ2) is 15.1. The topological polar surface area (TPSA) is 42.6 Å². The lowest BCUT2D eigenvalue weighted by atomic mass is 9.65. The van der Waals surface area contributed by atoms with Crippen molar-refractivity contribution in [3.63, 3.8) is 0 Å². The predicted molar refractivity (Wildman–Crippen MR) is 206 cm³/mol. The highest BCUT2D eigenvalue weighted by molar-refractivity contribution is 5.14. The zero-order valence-corrected chi connectivity index (χ0v) is 32.1. The van der Waals surface area contributed by atoms with Crippen LogP contribution in [-0.2, 0) is 0 Å². The van der Waals surface area contributed by atoms with Crippen LogP contribution in [0, 0.1) is 41.4 Å². The van der Waals surface area contributed by atoms with Crippen LogP contribution in [0.25, 0.3) is 0 Å². The maximum atomic E-state index is 4.28. The molecule has 7 saturated carbocycles. The maximum absolute atomic E-state index is 4.28. The summed E-state index contributed by atoms with van der Waals surface area (Å²) in [6, 6.07) is 5.48. The van der Waals surface area contributed by atoms with Gasteiger partial charge < -0.3 is 0 Å². The Kier molecular flexibility index (Phi) is 10.4. The minimum atomic E-state index is 0.520. The highest BCUT2D eigenvalue weighted by Crippen LogP contribution is 2.59. The van der Waals surface area contributed by atoms with Crippen molar-refractivity contribution >= 4 is 0 Å². The van der Waals surface area contributed by atoms with Crippen LogP contribution in [0.3, 0.4) is 0 Å². The molecule has 5 nitrogen and oxygen atoms in total. The molecule has 0 aromatic rings. The van der Waals surface area contributed by atoms with Gasteiger partial charge in [-0.15, -0.1) is 0 Å². The van der Waals surface area contributed by atoms with E-state index in [1.54, 1.807) is 25.7 Å². The number of hydrogen-bond acceptors (Lipinski definition) is 5. The highest BCUT2D eigenvalue weighted by Gasteiger charge is 2.61. The zero-order chi connectivity index (χ0) is 33.0. The molecule has 10 atom stereocenters. The molecule has 0 radical (unpaired) electrons. The Bertz CT molecular complexity index is 1080.